The van der Waals surface area contributed by atoms with E-state index in [1.807, 2.05) is 45.9 Å². The van der Waals surface area contributed by atoms with Gasteiger partial charge in [0.15, 0.2) is 5.13 Å². The minimum Gasteiger partial charge on any atom is -0.494 e. The van der Waals surface area contributed by atoms with Gasteiger partial charge < -0.3 is 15.8 Å². The molecule has 1 atom stereocenters. The average Bonchev–Trinajstić information content (AvgIpc) is 2.78. The first kappa shape index (κ1) is 18.7. The SMILES string of the molecule is CCOc1ccc2nc(NC(=O)[C@@H](N)C(C)(C)C)sc2c1.Cl. The van der Waals surface area contributed by atoms with Crippen LogP contribution in [0.3, 0.4) is 0 Å². The van der Waals surface area contributed by atoms with Crippen LogP contribution in [0.2, 0.25) is 0 Å². The van der Waals surface area contributed by atoms with E-state index >= 15 is 0 Å². The molecule has 0 aliphatic carbocycles. The molecule has 122 valence electrons. The van der Waals surface area contributed by atoms with Gasteiger partial charge in [0.2, 0.25) is 5.91 Å². The van der Waals surface area contributed by atoms with Gasteiger partial charge in [0.25, 0.3) is 0 Å². The first-order valence-corrected chi connectivity index (χ1v) is 7.72. The number of benzene rings is 1. The third kappa shape index (κ3) is 4.32. The standard InChI is InChI=1S/C15H21N3O2S.ClH/c1-5-20-9-6-7-10-11(8-9)21-14(17-10)18-13(19)12(16)15(2,3)4;/h6-8,12H,5,16H2,1-4H3,(H,17,18,19);1H/t12-;/m1./s1. The van der Waals surface area contributed by atoms with E-state index in [-0.39, 0.29) is 23.7 Å². The van der Waals surface area contributed by atoms with Crippen molar-refractivity contribution in [3.05, 3.63) is 18.2 Å². The smallest absolute Gasteiger partial charge is 0.243 e. The number of anilines is 1. The van der Waals surface area contributed by atoms with Gasteiger partial charge in [-0.15, -0.1) is 12.4 Å². The Labute approximate surface area is 140 Å². The van der Waals surface area contributed by atoms with Crippen molar-refractivity contribution in [2.24, 2.45) is 11.1 Å². The third-order valence-corrected chi connectivity index (χ3v) is 4.05. The number of thiazole rings is 1. The molecule has 0 saturated heterocycles. The summed E-state index contributed by atoms with van der Waals surface area (Å²) in [4.78, 5) is 16.5. The number of halogens is 1. The van der Waals surface area contributed by atoms with Gasteiger partial charge in [-0.25, -0.2) is 4.98 Å². The van der Waals surface area contributed by atoms with Crippen molar-refractivity contribution >= 4 is 45.0 Å². The van der Waals surface area contributed by atoms with Crippen LogP contribution >= 0.6 is 23.7 Å². The number of carbonyl (C=O) groups is 1. The molecule has 0 radical (unpaired) electrons. The minimum atomic E-state index is -0.580. The Balaban J connectivity index is 0.00000242. The molecular weight excluding hydrogens is 322 g/mol. The van der Waals surface area contributed by atoms with Crippen LogP contribution in [0.15, 0.2) is 18.2 Å². The molecular formula is C15H22ClN3O2S. The van der Waals surface area contributed by atoms with Crippen LogP contribution < -0.4 is 15.8 Å². The maximum Gasteiger partial charge on any atom is 0.243 e. The van der Waals surface area contributed by atoms with Crippen molar-refractivity contribution < 1.29 is 9.53 Å². The summed E-state index contributed by atoms with van der Waals surface area (Å²) in [5.74, 6) is 0.588. The van der Waals surface area contributed by atoms with E-state index in [4.69, 9.17) is 10.5 Å². The monoisotopic (exact) mass is 343 g/mol. The zero-order valence-electron chi connectivity index (χ0n) is 13.2. The van der Waals surface area contributed by atoms with Crippen molar-refractivity contribution in [2.75, 3.05) is 11.9 Å². The third-order valence-electron chi connectivity index (χ3n) is 3.12. The largest absolute Gasteiger partial charge is 0.494 e. The van der Waals surface area contributed by atoms with E-state index in [0.717, 1.165) is 16.0 Å². The summed E-state index contributed by atoms with van der Waals surface area (Å²) >= 11 is 1.42. The van der Waals surface area contributed by atoms with Gasteiger partial charge in [0.1, 0.15) is 5.75 Å². The Morgan fingerprint density at radius 2 is 2.14 bits per heavy atom. The normalized spacial score (nSPS) is 12.6. The van der Waals surface area contributed by atoms with Gasteiger partial charge >= 0.3 is 0 Å². The Morgan fingerprint density at radius 3 is 2.73 bits per heavy atom. The Morgan fingerprint density at radius 1 is 1.45 bits per heavy atom. The van der Waals surface area contributed by atoms with E-state index < -0.39 is 6.04 Å². The number of amides is 1. The minimum absolute atomic E-state index is 0. The van der Waals surface area contributed by atoms with Gasteiger partial charge in [-0.2, -0.15) is 0 Å². The quantitative estimate of drug-likeness (QED) is 0.891. The summed E-state index contributed by atoms with van der Waals surface area (Å²) in [5.41, 5.74) is 6.49. The molecule has 1 heterocycles. The molecule has 0 saturated carbocycles. The molecule has 22 heavy (non-hydrogen) atoms. The van der Waals surface area contributed by atoms with Crippen LogP contribution in [0.25, 0.3) is 10.2 Å². The lowest BCUT2D eigenvalue weighted by Gasteiger charge is -2.25. The van der Waals surface area contributed by atoms with E-state index in [1.165, 1.54) is 11.3 Å². The first-order valence-electron chi connectivity index (χ1n) is 6.91. The highest BCUT2D eigenvalue weighted by atomic mass is 35.5. The lowest BCUT2D eigenvalue weighted by molar-refractivity contribution is -0.119. The molecule has 1 aromatic carbocycles. The second kappa shape index (κ2) is 7.26. The predicted octanol–water partition coefficient (Wildman–Crippen LogP) is 3.43. The Bertz CT molecular complexity index is 652. The summed E-state index contributed by atoms with van der Waals surface area (Å²) in [6.45, 7) is 8.36. The van der Waals surface area contributed by atoms with Crippen molar-refractivity contribution in [1.29, 1.82) is 0 Å². The molecule has 0 unspecified atom stereocenters. The van der Waals surface area contributed by atoms with Crippen molar-refractivity contribution in [3.8, 4) is 5.75 Å². The Hall–Kier alpha value is -1.37. The highest BCUT2D eigenvalue weighted by Crippen LogP contribution is 2.29. The Kier molecular flexibility index (Phi) is 6.17. The maximum absolute atomic E-state index is 12.1. The van der Waals surface area contributed by atoms with Crippen LogP contribution in [0, 0.1) is 5.41 Å². The molecule has 2 rings (SSSR count). The molecule has 1 amide bonds. The van der Waals surface area contributed by atoms with E-state index in [9.17, 15) is 4.79 Å². The number of aromatic nitrogens is 1. The molecule has 5 nitrogen and oxygen atoms in total. The molecule has 0 fully saturated rings. The number of fused-ring (bicyclic) bond motifs is 1. The molecule has 0 aliphatic heterocycles. The summed E-state index contributed by atoms with van der Waals surface area (Å²) in [5, 5.41) is 3.35. The highest BCUT2D eigenvalue weighted by Gasteiger charge is 2.28. The zero-order chi connectivity index (χ0) is 15.6. The number of nitrogens with one attached hydrogen (secondary N) is 1. The molecule has 1 aromatic heterocycles. The van der Waals surface area contributed by atoms with E-state index in [0.29, 0.717) is 11.7 Å². The van der Waals surface area contributed by atoms with Crippen molar-refractivity contribution in [1.82, 2.24) is 4.98 Å². The lowest BCUT2D eigenvalue weighted by atomic mass is 9.87. The van der Waals surface area contributed by atoms with E-state index in [2.05, 4.69) is 10.3 Å². The van der Waals surface area contributed by atoms with Gasteiger partial charge in [-0.3, -0.25) is 4.79 Å². The zero-order valence-corrected chi connectivity index (χ0v) is 14.8. The van der Waals surface area contributed by atoms with E-state index in [1.54, 1.807) is 0 Å². The number of rotatable bonds is 4. The fourth-order valence-electron chi connectivity index (χ4n) is 1.79. The average molecular weight is 344 g/mol. The first-order chi connectivity index (χ1) is 9.81. The van der Waals surface area contributed by atoms with Crippen LogP contribution in [-0.4, -0.2) is 23.5 Å². The molecule has 0 aliphatic rings. The predicted molar refractivity (Wildman–Crippen MR) is 94.1 cm³/mol. The van der Waals surface area contributed by atoms with Gasteiger partial charge in [-0.05, 0) is 30.5 Å². The fraction of sp³-hybridized carbons (Fsp3) is 0.467. The summed E-state index contributed by atoms with van der Waals surface area (Å²) in [6.07, 6.45) is 0. The number of nitrogens with zero attached hydrogens (tertiary/aromatic N) is 1. The van der Waals surface area contributed by atoms with Gasteiger partial charge in [0, 0.05) is 0 Å². The van der Waals surface area contributed by atoms with Crippen LogP contribution in [0.4, 0.5) is 5.13 Å². The maximum atomic E-state index is 12.1. The molecule has 0 spiro atoms. The van der Waals surface area contributed by atoms with Crippen LogP contribution in [-0.2, 0) is 4.79 Å². The second-order valence-corrected chi connectivity index (χ2v) is 6.95. The molecule has 3 N–H and O–H groups in total. The van der Waals surface area contributed by atoms with Crippen molar-refractivity contribution in [3.63, 3.8) is 0 Å². The van der Waals surface area contributed by atoms with Gasteiger partial charge in [-0.1, -0.05) is 32.1 Å². The number of hydrogen-bond donors (Lipinski definition) is 2. The highest BCUT2D eigenvalue weighted by molar-refractivity contribution is 7.22. The summed E-state index contributed by atoms with van der Waals surface area (Å²) in [6, 6.07) is 5.10. The number of carbonyl (C=O) groups excluding carboxylic acids is 1. The van der Waals surface area contributed by atoms with Crippen LogP contribution in [0.5, 0.6) is 5.75 Å². The molecule has 2 aromatic rings. The number of ether oxygens (including phenoxy) is 1. The lowest BCUT2D eigenvalue weighted by Crippen LogP contribution is -2.45. The summed E-state index contributed by atoms with van der Waals surface area (Å²) in [7, 11) is 0. The fourth-order valence-corrected chi connectivity index (χ4v) is 2.69. The van der Waals surface area contributed by atoms with Crippen LogP contribution in [0.1, 0.15) is 27.7 Å². The van der Waals surface area contributed by atoms with Crippen molar-refractivity contribution in [2.45, 2.75) is 33.7 Å². The molecule has 0 bridgehead atoms. The number of nitrogens with two attached hydrogens (primary N) is 1. The second-order valence-electron chi connectivity index (χ2n) is 5.91. The summed E-state index contributed by atoms with van der Waals surface area (Å²) < 4.78 is 6.43. The van der Waals surface area contributed by atoms with Gasteiger partial charge in [0.05, 0.1) is 22.9 Å². The molecule has 7 heteroatoms. The number of hydrogen-bond acceptors (Lipinski definition) is 5. The topological polar surface area (TPSA) is 77.2 Å².